The minimum absolute atomic E-state index is 0.113. The van der Waals surface area contributed by atoms with Crippen LogP contribution < -0.4 is 0 Å². The largest absolute Gasteiger partial charge is 0.361 e. The van der Waals surface area contributed by atoms with E-state index in [2.05, 4.69) is 34.3 Å². The number of Topliss-reactive ketones (excluding diaryl/α,β-unsaturated/α-hetero) is 1. The Labute approximate surface area is 250 Å². The minimum Gasteiger partial charge on any atom is -0.361 e. The number of benzene rings is 2. The van der Waals surface area contributed by atoms with Gasteiger partial charge in [-0.1, -0.05) is 48.5 Å². The van der Waals surface area contributed by atoms with Gasteiger partial charge in [0.1, 0.15) is 17.9 Å². The van der Waals surface area contributed by atoms with E-state index in [0.29, 0.717) is 19.5 Å². The molecule has 2 aromatic carbocycles. The number of nitrogens with one attached hydrogen (secondary N) is 1. The first-order valence-electron chi connectivity index (χ1n) is 15.3. The average Bonchev–Trinajstić information content (AvgIpc) is 3.70. The lowest BCUT2D eigenvalue weighted by Gasteiger charge is -2.49. The van der Waals surface area contributed by atoms with Crippen LogP contribution in [0.3, 0.4) is 0 Å². The summed E-state index contributed by atoms with van der Waals surface area (Å²) in [7, 11) is 2.05. The number of piperazine rings is 1. The lowest BCUT2D eigenvalue weighted by molar-refractivity contribution is -0.312. The highest BCUT2D eigenvalue weighted by Crippen LogP contribution is 2.48. The number of ether oxygens (including phenoxy) is 1. The molecule has 43 heavy (non-hydrogen) atoms. The summed E-state index contributed by atoms with van der Waals surface area (Å²) in [5.74, 6) is -3.20. The van der Waals surface area contributed by atoms with Crippen molar-refractivity contribution in [3.63, 3.8) is 0 Å². The Balaban J connectivity index is 1.11. The molecule has 4 aliphatic heterocycles. The molecule has 2 N–H and O–H groups in total. The number of aromatic amines is 1. The lowest BCUT2D eigenvalue weighted by Crippen LogP contribution is -2.71. The standard InChI is InChI=1S/C34H36N4O5/c1-33(17-28(39)22-15-24-23-10-6-11-25-30(23)21(18-35-25)16-26(24)36(2)19-22)32(41)38-27(14-20-8-4-3-5-9-20)31(40)37-13-7-12-29(37)34(38,42)43-33/h3-6,8-11,15,18,22,26-27,29,35,42H,7,12-14,16-17,19H2,1-2H3/t22-,26-,27+,29-,33+,34+/m1/s1. The Kier molecular flexibility index (Phi) is 5.83. The van der Waals surface area contributed by atoms with Gasteiger partial charge in [0.2, 0.25) is 5.91 Å². The van der Waals surface area contributed by atoms with E-state index in [1.807, 2.05) is 43.4 Å². The maximum absolute atomic E-state index is 14.2. The number of amides is 2. The highest BCUT2D eigenvalue weighted by Gasteiger charge is 2.69. The van der Waals surface area contributed by atoms with Crippen molar-refractivity contribution in [3.05, 3.63) is 77.5 Å². The van der Waals surface area contributed by atoms with Gasteiger partial charge in [-0.15, -0.1) is 0 Å². The highest BCUT2D eigenvalue weighted by molar-refractivity contribution is 6.01. The lowest BCUT2D eigenvalue weighted by atomic mass is 9.78. The van der Waals surface area contributed by atoms with Crippen molar-refractivity contribution in [2.24, 2.45) is 5.92 Å². The van der Waals surface area contributed by atoms with Crippen molar-refractivity contribution in [3.8, 4) is 0 Å². The van der Waals surface area contributed by atoms with Crippen molar-refractivity contribution in [2.45, 2.75) is 68.7 Å². The van der Waals surface area contributed by atoms with Crippen LogP contribution in [0.4, 0.5) is 0 Å². The molecule has 0 bridgehead atoms. The Morgan fingerprint density at radius 1 is 1.14 bits per heavy atom. The van der Waals surface area contributed by atoms with Crippen LogP contribution in [0.15, 0.2) is 60.8 Å². The first kappa shape index (κ1) is 26.8. The van der Waals surface area contributed by atoms with Crippen molar-refractivity contribution in [2.75, 3.05) is 20.1 Å². The average molecular weight is 581 g/mol. The van der Waals surface area contributed by atoms with E-state index >= 15 is 0 Å². The van der Waals surface area contributed by atoms with Gasteiger partial charge in [-0.2, -0.15) is 0 Å². The SMILES string of the molecule is CN1C[C@H](C(=O)C[C@]2(C)O[C@@]3(O)[C@H]4CCCN4C(=O)[C@H](Cc4ccccc4)N3C2=O)C=C2c3cccc4[nH]cc(c34)C[C@H]21. The molecule has 2 amide bonds. The second kappa shape index (κ2) is 9.35. The van der Waals surface area contributed by atoms with E-state index in [1.165, 1.54) is 15.8 Å². The van der Waals surface area contributed by atoms with Crippen LogP contribution in [0.5, 0.6) is 0 Å². The number of hydrogen-bond donors (Lipinski definition) is 2. The number of hydrogen-bond acceptors (Lipinski definition) is 6. The van der Waals surface area contributed by atoms with E-state index in [0.717, 1.165) is 35.1 Å². The zero-order valence-electron chi connectivity index (χ0n) is 24.5. The Morgan fingerprint density at radius 2 is 1.95 bits per heavy atom. The molecule has 1 aliphatic carbocycles. The van der Waals surface area contributed by atoms with Crippen LogP contribution in [0.25, 0.3) is 16.5 Å². The van der Waals surface area contributed by atoms with E-state index in [-0.39, 0.29) is 30.6 Å². The molecule has 9 heteroatoms. The molecule has 5 heterocycles. The first-order chi connectivity index (χ1) is 20.7. The van der Waals surface area contributed by atoms with E-state index < -0.39 is 35.4 Å². The van der Waals surface area contributed by atoms with Crippen molar-refractivity contribution >= 4 is 34.1 Å². The van der Waals surface area contributed by atoms with Gasteiger partial charge in [-0.3, -0.25) is 24.2 Å². The third-order valence-corrected chi connectivity index (χ3v) is 10.4. The number of aromatic nitrogens is 1. The molecule has 3 aromatic rings. The number of carbonyl (C=O) groups is 3. The van der Waals surface area contributed by atoms with E-state index in [9.17, 15) is 19.5 Å². The smallest absolute Gasteiger partial charge is 0.274 e. The fraction of sp³-hybridized carbons (Fsp3) is 0.441. The molecule has 9 nitrogen and oxygen atoms in total. The summed E-state index contributed by atoms with van der Waals surface area (Å²) < 4.78 is 6.34. The van der Waals surface area contributed by atoms with Crippen LogP contribution in [0.2, 0.25) is 0 Å². The third kappa shape index (κ3) is 3.84. The topological polar surface area (TPSA) is 106 Å². The molecular formula is C34H36N4O5. The predicted octanol–water partition coefficient (Wildman–Crippen LogP) is 2.88. The molecule has 1 aromatic heterocycles. The summed E-state index contributed by atoms with van der Waals surface area (Å²) >= 11 is 0. The summed E-state index contributed by atoms with van der Waals surface area (Å²) in [6, 6.07) is 14.3. The Hall–Kier alpha value is -3.79. The predicted molar refractivity (Wildman–Crippen MR) is 159 cm³/mol. The van der Waals surface area contributed by atoms with Gasteiger partial charge in [0.05, 0.1) is 0 Å². The third-order valence-electron chi connectivity index (χ3n) is 10.4. The number of rotatable bonds is 5. The second-order valence-corrected chi connectivity index (χ2v) is 13.1. The molecular weight excluding hydrogens is 544 g/mol. The molecule has 3 fully saturated rings. The molecule has 8 rings (SSSR count). The quantitative estimate of drug-likeness (QED) is 0.481. The van der Waals surface area contributed by atoms with Gasteiger partial charge < -0.3 is 19.7 Å². The zero-order valence-corrected chi connectivity index (χ0v) is 24.5. The summed E-state index contributed by atoms with van der Waals surface area (Å²) in [5.41, 5.74) is 3.95. The molecule has 0 saturated carbocycles. The normalized spacial score (nSPS) is 33.4. The number of carbonyl (C=O) groups excluding carboxylic acids is 3. The summed E-state index contributed by atoms with van der Waals surface area (Å²) in [6.45, 7) is 2.65. The van der Waals surface area contributed by atoms with Crippen LogP contribution in [0.1, 0.15) is 42.9 Å². The van der Waals surface area contributed by atoms with Gasteiger partial charge in [0.15, 0.2) is 5.60 Å². The highest BCUT2D eigenvalue weighted by atomic mass is 16.7. The minimum atomic E-state index is -1.98. The van der Waals surface area contributed by atoms with Crippen LogP contribution >= 0.6 is 0 Å². The van der Waals surface area contributed by atoms with Crippen molar-refractivity contribution in [1.29, 1.82) is 0 Å². The van der Waals surface area contributed by atoms with Gasteiger partial charge in [-0.05, 0) is 61.6 Å². The maximum Gasteiger partial charge on any atom is 0.274 e. The molecule has 222 valence electrons. The number of aliphatic hydroxyl groups is 1. The summed E-state index contributed by atoms with van der Waals surface area (Å²) in [6.07, 6.45) is 6.37. The second-order valence-electron chi connectivity index (χ2n) is 13.1. The Morgan fingerprint density at radius 3 is 2.77 bits per heavy atom. The molecule has 0 radical (unpaired) electrons. The molecule has 0 unspecified atom stereocenters. The molecule has 6 atom stereocenters. The fourth-order valence-corrected chi connectivity index (χ4v) is 8.38. The Bertz CT molecular complexity index is 1700. The number of likely N-dealkylation sites (N-methyl/N-ethyl adjacent to an activating group) is 1. The van der Waals surface area contributed by atoms with Crippen molar-refractivity contribution in [1.82, 2.24) is 19.7 Å². The summed E-state index contributed by atoms with van der Waals surface area (Å²) in [5, 5.41) is 13.3. The van der Waals surface area contributed by atoms with E-state index in [1.54, 1.807) is 11.8 Å². The number of H-pyrrole nitrogens is 1. The van der Waals surface area contributed by atoms with Gasteiger partial charge in [-0.25, -0.2) is 0 Å². The zero-order chi connectivity index (χ0) is 29.7. The molecule has 0 spiro atoms. The van der Waals surface area contributed by atoms with Crippen LogP contribution in [-0.2, 0) is 32.0 Å². The van der Waals surface area contributed by atoms with Gasteiger partial charge in [0.25, 0.3) is 11.8 Å². The van der Waals surface area contributed by atoms with Gasteiger partial charge in [0, 0.05) is 55.0 Å². The number of ketones is 1. The van der Waals surface area contributed by atoms with Crippen molar-refractivity contribution < 1.29 is 24.2 Å². The molecule has 5 aliphatic rings. The first-order valence-corrected chi connectivity index (χ1v) is 15.3. The monoisotopic (exact) mass is 580 g/mol. The van der Waals surface area contributed by atoms with Crippen LogP contribution in [0, 0.1) is 5.92 Å². The van der Waals surface area contributed by atoms with Gasteiger partial charge >= 0.3 is 0 Å². The number of nitrogens with zero attached hydrogens (tertiary/aromatic N) is 3. The molecule has 3 saturated heterocycles. The van der Waals surface area contributed by atoms with E-state index in [4.69, 9.17) is 4.74 Å². The fourth-order valence-electron chi connectivity index (χ4n) is 8.38. The number of fused-ring (bicyclic) bond motifs is 5. The maximum atomic E-state index is 14.2. The summed E-state index contributed by atoms with van der Waals surface area (Å²) in [4.78, 5) is 50.6. The van der Waals surface area contributed by atoms with Crippen LogP contribution in [-0.4, -0.2) is 92.2 Å².